The number of hydrogen-bond acceptors (Lipinski definition) is 5. The molecule has 8 heteroatoms. The summed E-state index contributed by atoms with van der Waals surface area (Å²) in [4.78, 5) is 21.9. The van der Waals surface area contributed by atoms with Crippen molar-refractivity contribution in [3.05, 3.63) is 82.9 Å². The molecule has 3 heterocycles. The molecule has 0 aliphatic carbocycles. The number of aliphatic hydroxyl groups is 1. The second-order valence-corrected chi connectivity index (χ2v) is 8.86. The first kappa shape index (κ1) is 26.2. The number of aromatic nitrogens is 3. The summed E-state index contributed by atoms with van der Waals surface area (Å²) in [5.74, 6) is 0.200. The monoisotopic (exact) mass is 494 g/mol. The number of halogens is 1. The number of nitrogens with zero attached hydrogens (tertiary/aromatic N) is 3. The van der Waals surface area contributed by atoms with Gasteiger partial charge in [0.2, 0.25) is 0 Å². The van der Waals surface area contributed by atoms with E-state index in [9.17, 15) is 9.90 Å². The van der Waals surface area contributed by atoms with E-state index in [-0.39, 0.29) is 26.0 Å². The Bertz CT molecular complexity index is 1300. The van der Waals surface area contributed by atoms with Gasteiger partial charge < -0.3 is 19.6 Å². The quantitative estimate of drug-likeness (QED) is 0.355. The molecule has 3 aromatic heterocycles. The van der Waals surface area contributed by atoms with E-state index in [1.165, 1.54) is 0 Å². The summed E-state index contributed by atoms with van der Waals surface area (Å²) in [6, 6.07) is 12.2. The molecule has 184 valence electrons. The second-order valence-electron chi connectivity index (χ2n) is 8.46. The lowest BCUT2D eigenvalue weighted by Crippen LogP contribution is -2.39. The van der Waals surface area contributed by atoms with Crippen molar-refractivity contribution < 1.29 is 14.6 Å². The number of aliphatic hydroxyl groups excluding tert-OH is 1. The smallest absolute Gasteiger partial charge is 0.251 e. The number of ether oxygens (including phenoxy) is 1. The fraction of sp³-hybridized carbons (Fsp3) is 0.296. The summed E-state index contributed by atoms with van der Waals surface area (Å²) in [5.41, 5.74) is 4.89. The highest BCUT2D eigenvalue weighted by Gasteiger charge is 2.16. The molecule has 1 amide bonds. The van der Waals surface area contributed by atoms with Gasteiger partial charge in [-0.05, 0) is 62.7 Å². The molecule has 0 fully saturated rings. The number of carbonyl (C=O) groups is 1. The number of rotatable bonds is 8. The average Bonchev–Trinajstić information content (AvgIpc) is 3.26. The Hall–Kier alpha value is -3.42. The summed E-state index contributed by atoms with van der Waals surface area (Å²) in [6.45, 7) is 5.62. The third-order valence-corrected chi connectivity index (χ3v) is 5.66. The Kier molecular flexibility index (Phi) is 8.48. The van der Waals surface area contributed by atoms with Crippen molar-refractivity contribution in [3.63, 3.8) is 0 Å². The Labute approximate surface area is 210 Å². The summed E-state index contributed by atoms with van der Waals surface area (Å²) >= 11 is 6.25. The summed E-state index contributed by atoms with van der Waals surface area (Å²) in [7, 11) is 0. The SMILES string of the molecule is C.Cc1cccn2cc(-c3ccc(C[C@@H](CO)NC(=O)c4ccc(OC(C)C)c(Cl)c4)nc3)nc12. The Morgan fingerprint density at radius 2 is 2.03 bits per heavy atom. The summed E-state index contributed by atoms with van der Waals surface area (Å²) < 4.78 is 7.60. The zero-order valence-electron chi connectivity index (χ0n) is 19.3. The van der Waals surface area contributed by atoms with E-state index in [0.29, 0.717) is 22.8 Å². The topological polar surface area (TPSA) is 88.8 Å². The minimum absolute atomic E-state index is 0. The van der Waals surface area contributed by atoms with Gasteiger partial charge in [-0.3, -0.25) is 9.78 Å². The number of amides is 1. The maximum absolute atomic E-state index is 12.7. The summed E-state index contributed by atoms with van der Waals surface area (Å²) in [6.07, 6.45) is 6.06. The van der Waals surface area contributed by atoms with Crippen molar-refractivity contribution in [2.45, 2.75) is 46.8 Å². The van der Waals surface area contributed by atoms with Crippen LogP contribution in [0.25, 0.3) is 16.9 Å². The molecular formula is C27H31ClN4O3. The van der Waals surface area contributed by atoms with Crippen LogP contribution < -0.4 is 10.1 Å². The normalized spacial score (nSPS) is 11.8. The number of hydrogen-bond donors (Lipinski definition) is 2. The van der Waals surface area contributed by atoms with E-state index in [1.807, 2.05) is 61.8 Å². The highest BCUT2D eigenvalue weighted by molar-refractivity contribution is 6.32. The molecule has 0 saturated heterocycles. The fourth-order valence-corrected chi connectivity index (χ4v) is 3.89. The van der Waals surface area contributed by atoms with Gasteiger partial charge >= 0.3 is 0 Å². The van der Waals surface area contributed by atoms with Crippen LogP contribution in [0.15, 0.2) is 61.1 Å². The third kappa shape index (κ3) is 6.18. The van der Waals surface area contributed by atoms with Gasteiger partial charge in [-0.1, -0.05) is 25.1 Å². The van der Waals surface area contributed by atoms with Crippen molar-refractivity contribution in [2.24, 2.45) is 0 Å². The molecule has 1 atom stereocenters. The molecule has 0 aliphatic heterocycles. The Balaban J connectivity index is 0.00000342. The van der Waals surface area contributed by atoms with Crippen LogP contribution >= 0.6 is 11.6 Å². The van der Waals surface area contributed by atoms with Gasteiger partial charge in [0.05, 0.1) is 29.5 Å². The van der Waals surface area contributed by atoms with Gasteiger partial charge in [0.15, 0.2) is 0 Å². The predicted molar refractivity (Wildman–Crippen MR) is 139 cm³/mol. The van der Waals surface area contributed by atoms with Gasteiger partial charge in [0.25, 0.3) is 5.91 Å². The fourth-order valence-electron chi connectivity index (χ4n) is 3.66. The Morgan fingerprint density at radius 1 is 1.23 bits per heavy atom. The lowest BCUT2D eigenvalue weighted by atomic mass is 10.1. The first-order chi connectivity index (χ1) is 16.3. The molecule has 2 N–H and O–H groups in total. The van der Waals surface area contributed by atoms with E-state index >= 15 is 0 Å². The lowest BCUT2D eigenvalue weighted by molar-refractivity contribution is 0.0916. The molecule has 1 aromatic carbocycles. The minimum atomic E-state index is -0.492. The highest BCUT2D eigenvalue weighted by atomic mass is 35.5. The first-order valence-electron chi connectivity index (χ1n) is 11.1. The highest BCUT2D eigenvalue weighted by Crippen LogP contribution is 2.26. The van der Waals surface area contributed by atoms with Crippen LogP contribution in [0.1, 0.15) is 42.9 Å². The van der Waals surface area contributed by atoms with E-state index < -0.39 is 6.04 Å². The van der Waals surface area contributed by atoms with E-state index in [1.54, 1.807) is 24.4 Å². The van der Waals surface area contributed by atoms with Crippen LogP contribution in [0, 0.1) is 6.92 Å². The van der Waals surface area contributed by atoms with Gasteiger partial charge in [-0.15, -0.1) is 0 Å². The molecular weight excluding hydrogens is 464 g/mol. The summed E-state index contributed by atoms with van der Waals surface area (Å²) in [5, 5.41) is 13.0. The van der Waals surface area contributed by atoms with Gasteiger partial charge in [-0.2, -0.15) is 0 Å². The molecule has 4 rings (SSSR count). The number of pyridine rings is 2. The van der Waals surface area contributed by atoms with Crippen LogP contribution in [0.5, 0.6) is 5.75 Å². The number of imidazole rings is 1. The maximum atomic E-state index is 12.7. The molecule has 0 spiro atoms. The van der Waals surface area contributed by atoms with Crippen molar-refractivity contribution >= 4 is 23.2 Å². The van der Waals surface area contributed by atoms with E-state index in [2.05, 4.69) is 10.3 Å². The zero-order valence-corrected chi connectivity index (χ0v) is 20.1. The van der Waals surface area contributed by atoms with Crippen LogP contribution in [0.4, 0.5) is 0 Å². The van der Waals surface area contributed by atoms with Crippen LogP contribution in [0.2, 0.25) is 5.02 Å². The first-order valence-corrected chi connectivity index (χ1v) is 11.5. The minimum Gasteiger partial charge on any atom is -0.489 e. The van der Waals surface area contributed by atoms with Crippen LogP contribution in [-0.2, 0) is 6.42 Å². The second kappa shape index (κ2) is 11.3. The molecule has 35 heavy (non-hydrogen) atoms. The largest absolute Gasteiger partial charge is 0.489 e. The number of nitrogens with one attached hydrogen (secondary N) is 1. The van der Waals surface area contributed by atoms with Crippen molar-refractivity contribution in [1.29, 1.82) is 0 Å². The molecule has 4 aromatic rings. The molecule has 0 saturated carbocycles. The Morgan fingerprint density at radius 3 is 2.66 bits per heavy atom. The molecule has 0 bridgehead atoms. The number of carbonyl (C=O) groups excluding carboxylic acids is 1. The molecule has 0 unspecified atom stereocenters. The average molecular weight is 495 g/mol. The zero-order chi connectivity index (χ0) is 24.2. The van der Waals surface area contributed by atoms with Gasteiger partial charge in [0.1, 0.15) is 11.4 Å². The third-order valence-electron chi connectivity index (χ3n) is 5.37. The number of benzene rings is 1. The van der Waals surface area contributed by atoms with Crippen LogP contribution in [0.3, 0.4) is 0 Å². The van der Waals surface area contributed by atoms with Crippen LogP contribution in [-0.4, -0.2) is 44.1 Å². The van der Waals surface area contributed by atoms with Crippen molar-refractivity contribution in [1.82, 2.24) is 19.7 Å². The predicted octanol–water partition coefficient (Wildman–Crippen LogP) is 5.11. The lowest BCUT2D eigenvalue weighted by Gasteiger charge is -2.17. The number of fused-ring (bicyclic) bond motifs is 1. The van der Waals surface area contributed by atoms with E-state index in [4.69, 9.17) is 21.3 Å². The molecule has 0 aliphatic rings. The van der Waals surface area contributed by atoms with Gasteiger partial charge in [0, 0.05) is 41.8 Å². The van der Waals surface area contributed by atoms with Crippen molar-refractivity contribution in [3.8, 4) is 17.0 Å². The van der Waals surface area contributed by atoms with E-state index in [0.717, 1.165) is 28.2 Å². The number of aryl methyl sites for hydroxylation is 1. The molecule has 0 radical (unpaired) electrons. The van der Waals surface area contributed by atoms with Gasteiger partial charge in [-0.25, -0.2) is 4.98 Å². The standard InChI is InChI=1S/C26H27ClN4O3.CH4/c1-16(2)34-24-9-7-18(11-22(24)27)26(33)29-21(15-32)12-20-8-6-19(13-28-20)23-14-31-10-4-5-17(3)25(31)30-23;/h4-11,13-14,16,21,32H,12,15H2,1-3H3,(H,29,33);1H4/t21-;/m0./s1. The molecule has 7 nitrogen and oxygen atoms in total. The van der Waals surface area contributed by atoms with Crippen molar-refractivity contribution in [2.75, 3.05) is 6.61 Å². The maximum Gasteiger partial charge on any atom is 0.251 e.